The van der Waals surface area contributed by atoms with Gasteiger partial charge >= 0.3 is 18.2 Å². The van der Waals surface area contributed by atoms with Crippen LogP contribution in [0.1, 0.15) is 21.7 Å². The number of fused-ring (bicyclic) bond motifs is 1. The van der Waals surface area contributed by atoms with Crippen molar-refractivity contribution in [3.05, 3.63) is 80.0 Å². The van der Waals surface area contributed by atoms with Crippen LogP contribution in [0.5, 0.6) is 0 Å². The first-order valence-corrected chi connectivity index (χ1v) is 10.0. The number of carboxylic acid groups (broad SMARTS) is 1. The second-order valence-corrected chi connectivity index (χ2v) is 7.38. The number of benzene rings is 2. The summed E-state index contributed by atoms with van der Waals surface area (Å²) in [6.45, 7) is -0.404. The average molecular weight is 518 g/mol. The molecule has 0 bridgehead atoms. The number of nitrogens with zero attached hydrogens (tertiary/aromatic N) is 3. The first-order valence-electron chi connectivity index (χ1n) is 10.0. The van der Waals surface area contributed by atoms with Gasteiger partial charge in [0.1, 0.15) is 12.4 Å². The summed E-state index contributed by atoms with van der Waals surface area (Å²) < 4.78 is 42.9. The molecule has 1 amide bonds. The first-order chi connectivity index (χ1) is 17.4. The number of carbonyl (C=O) groups is 2. The first kappa shape index (κ1) is 24.8. The zero-order chi connectivity index (χ0) is 26.9. The van der Waals surface area contributed by atoms with Crippen LogP contribution in [-0.4, -0.2) is 42.0 Å². The molecule has 37 heavy (non-hydrogen) atoms. The predicted molar refractivity (Wildman–Crippen MR) is 119 cm³/mol. The lowest BCUT2D eigenvalue weighted by Crippen LogP contribution is -2.19. The summed E-state index contributed by atoms with van der Waals surface area (Å²) >= 11 is 0. The molecule has 0 saturated carbocycles. The smallest absolute Gasteiger partial charge is 0.416 e. The number of H-pyrrole nitrogens is 2. The van der Waals surface area contributed by atoms with Gasteiger partial charge in [-0.3, -0.25) is 20.2 Å². The van der Waals surface area contributed by atoms with E-state index in [4.69, 9.17) is 9.84 Å². The van der Waals surface area contributed by atoms with Crippen molar-refractivity contribution < 1.29 is 37.5 Å². The molecule has 2 aromatic heterocycles. The third kappa shape index (κ3) is 5.37. The molecule has 0 aliphatic carbocycles. The van der Waals surface area contributed by atoms with Crippen LogP contribution in [0, 0.1) is 10.1 Å². The molecule has 2 heterocycles. The van der Waals surface area contributed by atoms with Crippen LogP contribution in [0.25, 0.3) is 22.4 Å². The monoisotopic (exact) mass is 518 g/mol. The van der Waals surface area contributed by atoms with Gasteiger partial charge in [-0.25, -0.2) is 19.6 Å². The van der Waals surface area contributed by atoms with E-state index in [0.717, 1.165) is 36.4 Å². The van der Waals surface area contributed by atoms with Crippen LogP contribution >= 0.6 is 0 Å². The van der Waals surface area contributed by atoms with Crippen LogP contribution in [0.2, 0.25) is 0 Å². The Morgan fingerprint density at radius 2 is 1.86 bits per heavy atom. The molecule has 0 fully saturated rings. The van der Waals surface area contributed by atoms with E-state index in [9.17, 15) is 37.7 Å². The highest BCUT2D eigenvalue weighted by molar-refractivity contribution is 5.91. The molecule has 0 aliphatic rings. The number of hydrogen-bond acceptors (Lipinski definition) is 8. The fourth-order valence-electron chi connectivity index (χ4n) is 3.22. The Kier molecular flexibility index (Phi) is 6.31. The second-order valence-electron chi connectivity index (χ2n) is 7.38. The molecule has 0 atom stereocenters. The summed E-state index contributed by atoms with van der Waals surface area (Å²) in [7, 11) is 0. The van der Waals surface area contributed by atoms with Crippen LogP contribution in [-0.2, 0) is 17.5 Å². The lowest BCUT2D eigenvalue weighted by atomic mass is 10.1. The van der Waals surface area contributed by atoms with Gasteiger partial charge in [-0.15, -0.1) is 0 Å². The molecule has 13 nitrogen and oxygen atoms in total. The lowest BCUT2D eigenvalue weighted by Gasteiger charge is -2.09. The minimum absolute atomic E-state index is 0.0415. The summed E-state index contributed by atoms with van der Waals surface area (Å²) in [5.41, 5.74) is -3.23. The van der Waals surface area contributed by atoms with Crippen molar-refractivity contribution in [3.8, 4) is 11.4 Å². The summed E-state index contributed by atoms with van der Waals surface area (Å²) in [5.74, 6) is -1.63. The molecule has 4 N–H and O–H groups in total. The van der Waals surface area contributed by atoms with Crippen molar-refractivity contribution in [1.29, 1.82) is 0 Å². The van der Waals surface area contributed by atoms with Crippen molar-refractivity contribution >= 4 is 34.5 Å². The quantitative estimate of drug-likeness (QED) is 0.218. The van der Waals surface area contributed by atoms with Crippen molar-refractivity contribution in [2.45, 2.75) is 12.8 Å². The Morgan fingerprint density at radius 3 is 2.49 bits per heavy atom. The Labute approximate surface area is 202 Å². The highest BCUT2D eigenvalue weighted by Gasteiger charge is 2.30. The van der Waals surface area contributed by atoms with Gasteiger partial charge in [0.05, 0.1) is 32.8 Å². The number of halogens is 3. The number of amides is 1. The fraction of sp³-hybridized carbons (Fsp3) is 0.0952. The number of nitro benzene ring substituents is 1. The molecule has 190 valence electrons. The summed E-state index contributed by atoms with van der Waals surface area (Å²) in [4.78, 5) is 58.6. The zero-order valence-corrected chi connectivity index (χ0v) is 18.1. The van der Waals surface area contributed by atoms with Crippen molar-refractivity contribution in [2.75, 3.05) is 5.32 Å². The number of carboxylic acids is 1. The normalized spacial score (nSPS) is 11.3. The fourth-order valence-corrected chi connectivity index (χ4v) is 3.22. The van der Waals surface area contributed by atoms with E-state index in [1.807, 2.05) is 0 Å². The van der Waals surface area contributed by atoms with Gasteiger partial charge < -0.3 is 19.8 Å². The van der Waals surface area contributed by atoms with E-state index < -0.39 is 52.3 Å². The van der Waals surface area contributed by atoms with Crippen molar-refractivity contribution in [3.63, 3.8) is 0 Å². The van der Waals surface area contributed by atoms with Crippen LogP contribution in [0.3, 0.4) is 0 Å². The SMILES string of the molecule is O=C(Nc1ccc(C(F)(F)F)cc1)OCc1c[nH]c(-c2cc3nc(C(=O)O)c(=O)[nH]c3cc2[N+](=O)[O-])n1. The number of ether oxygens (including phenoxy) is 1. The number of imidazole rings is 1. The number of nitro groups is 1. The molecule has 0 saturated heterocycles. The molecule has 0 spiro atoms. The third-order valence-corrected chi connectivity index (χ3v) is 4.90. The van der Waals surface area contributed by atoms with Gasteiger partial charge in [-0.2, -0.15) is 13.2 Å². The molecule has 4 aromatic rings. The minimum atomic E-state index is -4.53. The lowest BCUT2D eigenvalue weighted by molar-refractivity contribution is -0.384. The topological polar surface area (TPSA) is 193 Å². The number of hydrogen-bond donors (Lipinski definition) is 4. The van der Waals surface area contributed by atoms with Gasteiger partial charge in [-0.1, -0.05) is 0 Å². The summed E-state index contributed by atoms with van der Waals surface area (Å²) in [6.07, 6.45) is -4.23. The van der Waals surface area contributed by atoms with Crippen LogP contribution in [0.15, 0.2) is 47.4 Å². The number of carbonyl (C=O) groups excluding carboxylic acids is 1. The van der Waals surface area contributed by atoms with Gasteiger partial charge in [0.2, 0.25) is 5.69 Å². The highest BCUT2D eigenvalue weighted by Crippen LogP contribution is 2.31. The maximum atomic E-state index is 12.6. The number of rotatable bonds is 6. The molecule has 2 aromatic carbocycles. The van der Waals surface area contributed by atoms with Gasteiger partial charge in [0.15, 0.2) is 0 Å². The predicted octanol–water partition coefficient (Wildman–Crippen LogP) is 3.69. The second kappa shape index (κ2) is 9.40. The Morgan fingerprint density at radius 1 is 1.16 bits per heavy atom. The van der Waals surface area contributed by atoms with E-state index in [2.05, 4.69) is 25.3 Å². The molecular formula is C21H13F3N6O7. The maximum Gasteiger partial charge on any atom is 0.416 e. The van der Waals surface area contributed by atoms with Crippen molar-refractivity contribution in [1.82, 2.24) is 19.9 Å². The largest absolute Gasteiger partial charge is 0.476 e. The molecule has 0 unspecified atom stereocenters. The number of anilines is 1. The molecule has 4 rings (SSSR count). The molecular weight excluding hydrogens is 505 g/mol. The number of alkyl halides is 3. The summed E-state index contributed by atoms with van der Waals surface area (Å²) in [5, 5.41) is 22.9. The van der Waals surface area contributed by atoms with Crippen LogP contribution < -0.4 is 10.9 Å². The Balaban J connectivity index is 1.52. The molecule has 0 aliphatic heterocycles. The number of aromatic carboxylic acids is 1. The van der Waals surface area contributed by atoms with Crippen molar-refractivity contribution in [2.24, 2.45) is 0 Å². The van der Waals surface area contributed by atoms with Gasteiger partial charge in [0.25, 0.3) is 11.2 Å². The average Bonchev–Trinajstić information content (AvgIpc) is 3.30. The minimum Gasteiger partial charge on any atom is -0.476 e. The van der Waals surface area contributed by atoms with Gasteiger partial charge in [0, 0.05) is 18.0 Å². The molecule has 0 radical (unpaired) electrons. The number of nitrogens with one attached hydrogen (secondary N) is 3. The Bertz CT molecular complexity index is 1600. The number of aromatic nitrogens is 4. The zero-order valence-electron chi connectivity index (χ0n) is 18.1. The molecule has 16 heteroatoms. The van der Waals surface area contributed by atoms with E-state index in [0.29, 0.717) is 0 Å². The van der Waals surface area contributed by atoms with E-state index >= 15 is 0 Å². The highest BCUT2D eigenvalue weighted by atomic mass is 19.4. The van der Waals surface area contributed by atoms with E-state index in [-0.39, 0.29) is 33.8 Å². The van der Waals surface area contributed by atoms with Crippen LogP contribution in [0.4, 0.5) is 29.3 Å². The standard InChI is InChI=1S/C21H13F3N6O7/c22-21(23,24)9-1-3-10(4-2-9)27-20(34)37-8-11-7-25-17(26-11)12-5-13-14(6-15(12)30(35)36)29-18(31)16(28-13)19(32)33/h1-7H,8H2,(H,25,26)(H,27,34)(H,29,31)(H,32,33). The third-order valence-electron chi connectivity index (χ3n) is 4.90. The number of aromatic amines is 2. The van der Waals surface area contributed by atoms with Gasteiger partial charge in [-0.05, 0) is 30.3 Å². The van der Waals surface area contributed by atoms with E-state index in [1.54, 1.807) is 0 Å². The Hall–Kier alpha value is -5.28. The van der Waals surface area contributed by atoms with E-state index in [1.165, 1.54) is 6.20 Å². The maximum absolute atomic E-state index is 12.6. The summed E-state index contributed by atoms with van der Waals surface area (Å²) in [6, 6.07) is 5.84.